The van der Waals surface area contributed by atoms with Crippen LogP contribution in [0.5, 0.6) is 0 Å². The highest BCUT2D eigenvalue weighted by molar-refractivity contribution is 6.30. The van der Waals surface area contributed by atoms with Crippen LogP contribution in [0.2, 0.25) is 5.02 Å². The number of aryl methyl sites for hydroxylation is 1. The van der Waals surface area contributed by atoms with Crippen molar-refractivity contribution in [1.82, 2.24) is 5.32 Å². The van der Waals surface area contributed by atoms with Gasteiger partial charge in [0.15, 0.2) is 0 Å². The van der Waals surface area contributed by atoms with E-state index in [1.165, 1.54) is 7.11 Å². The Labute approximate surface area is 118 Å². The molecule has 0 fully saturated rings. The summed E-state index contributed by atoms with van der Waals surface area (Å²) in [4.78, 5) is 22.4. The van der Waals surface area contributed by atoms with Gasteiger partial charge in [-0.15, -0.1) is 0 Å². The van der Waals surface area contributed by atoms with E-state index < -0.39 is 0 Å². The Morgan fingerprint density at radius 2 is 1.89 bits per heavy atom. The van der Waals surface area contributed by atoms with Crippen molar-refractivity contribution >= 4 is 23.5 Å². The molecule has 5 heteroatoms. The Morgan fingerprint density at radius 3 is 2.53 bits per heavy atom. The number of halogens is 1. The van der Waals surface area contributed by atoms with E-state index in [-0.39, 0.29) is 11.9 Å². The molecule has 0 aliphatic heterocycles. The quantitative estimate of drug-likeness (QED) is 0.617. The molecule has 1 amide bonds. The topological polar surface area (TPSA) is 55.4 Å². The second-order valence-electron chi connectivity index (χ2n) is 4.16. The normalized spacial score (nSPS) is 10.0. The molecule has 0 bridgehead atoms. The number of hydrogen-bond acceptors (Lipinski definition) is 3. The van der Waals surface area contributed by atoms with Crippen LogP contribution in [0.25, 0.3) is 0 Å². The summed E-state index contributed by atoms with van der Waals surface area (Å²) >= 11 is 5.78. The molecule has 0 atom stereocenters. The predicted octanol–water partition coefficient (Wildman–Crippen LogP) is 2.34. The van der Waals surface area contributed by atoms with E-state index in [4.69, 9.17) is 11.6 Å². The van der Waals surface area contributed by atoms with Gasteiger partial charge in [-0.3, -0.25) is 9.59 Å². The summed E-state index contributed by atoms with van der Waals surface area (Å²) in [5.41, 5.74) is 1.08. The minimum absolute atomic E-state index is 0.0141. The van der Waals surface area contributed by atoms with Gasteiger partial charge in [0.05, 0.1) is 7.11 Å². The number of rotatable bonds is 7. The monoisotopic (exact) mass is 283 g/mol. The third kappa shape index (κ3) is 6.82. The number of nitrogens with one attached hydrogen (secondary N) is 1. The lowest BCUT2D eigenvalue weighted by Gasteiger charge is -2.05. The van der Waals surface area contributed by atoms with E-state index in [0.29, 0.717) is 37.3 Å². The SMILES string of the molecule is COC(=O)CCCNC(=O)CCc1ccc(Cl)cc1. The van der Waals surface area contributed by atoms with E-state index in [0.717, 1.165) is 5.56 Å². The van der Waals surface area contributed by atoms with E-state index in [1.807, 2.05) is 24.3 Å². The fraction of sp³-hybridized carbons (Fsp3) is 0.429. The molecular formula is C14H18ClNO3. The van der Waals surface area contributed by atoms with E-state index in [1.54, 1.807) is 0 Å². The maximum absolute atomic E-state index is 11.5. The molecule has 1 rings (SSSR count). The highest BCUT2D eigenvalue weighted by atomic mass is 35.5. The van der Waals surface area contributed by atoms with E-state index >= 15 is 0 Å². The van der Waals surface area contributed by atoms with Gasteiger partial charge in [-0.1, -0.05) is 23.7 Å². The molecule has 0 unspecified atom stereocenters. The first kappa shape index (κ1) is 15.5. The van der Waals surface area contributed by atoms with Gasteiger partial charge < -0.3 is 10.1 Å². The van der Waals surface area contributed by atoms with E-state index in [2.05, 4.69) is 10.1 Å². The lowest BCUT2D eigenvalue weighted by molar-refractivity contribution is -0.140. The van der Waals surface area contributed by atoms with Crippen molar-refractivity contribution in [3.8, 4) is 0 Å². The zero-order chi connectivity index (χ0) is 14.1. The first-order valence-electron chi connectivity index (χ1n) is 6.20. The van der Waals surface area contributed by atoms with Crippen LogP contribution in [0.4, 0.5) is 0 Å². The van der Waals surface area contributed by atoms with Crippen LogP contribution in [0, 0.1) is 0 Å². The predicted molar refractivity (Wildman–Crippen MR) is 74.0 cm³/mol. The van der Waals surface area contributed by atoms with Gasteiger partial charge in [0, 0.05) is 24.4 Å². The summed E-state index contributed by atoms with van der Waals surface area (Å²) in [6.45, 7) is 0.495. The molecule has 0 heterocycles. The van der Waals surface area contributed by atoms with Gasteiger partial charge in [0.2, 0.25) is 5.91 Å². The van der Waals surface area contributed by atoms with Crippen molar-refractivity contribution < 1.29 is 14.3 Å². The third-order valence-electron chi connectivity index (χ3n) is 2.66. The number of esters is 1. The van der Waals surface area contributed by atoms with Crippen molar-refractivity contribution in [1.29, 1.82) is 0 Å². The van der Waals surface area contributed by atoms with Crippen LogP contribution in [-0.2, 0) is 20.7 Å². The summed E-state index contributed by atoms with van der Waals surface area (Å²) in [6, 6.07) is 7.44. The van der Waals surface area contributed by atoms with Crippen LogP contribution in [0.15, 0.2) is 24.3 Å². The molecule has 104 valence electrons. The number of carbonyl (C=O) groups is 2. The van der Waals surface area contributed by atoms with Gasteiger partial charge in [0.25, 0.3) is 0 Å². The molecule has 19 heavy (non-hydrogen) atoms. The number of ether oxygens (including phenoxy) is 1. The maximum Gasteiger partial charge on any atom is 0.305 e. The van der Waals surface area contributed by atoms with Crippen LogP contribution < -0.4 is 5.32 Å². The van der Waals surface area contributed by atoms with Gasteiger partial charge in [0.1, 0.15) is 0 Å². The minimum Gasteiger partial charge on any atom is -0.469 e. The zero-order valence-corrected chi connectivity index (χ0v) is 11.7. The Hall–Kier alpha value is -1.55. The molecule has 0 saturated carbocycles. The lowest BCUT2D eigenvalue weighted by Crippen LogP contribution is -2.25. The van der Waals surface area contributed by atoms with Gasteiger partial charge in [-0.05, 0) is 30.5 Å². The molecule has 1 aromatic carbocycles. The minimum atomic E-state index is -0.254. The number of amides is 1. The van der Waals surface area contributed by atoms with Gasteiger partial charge >= 0.3 is 5.97 Å². The summed E-state index contributed by atoms with van der Waals surface area (Å²) < 4.78 is 4.51. The summed E-state index contributed by atoms with van der Waals surface area (Å²) in [6.07, 6.45) is 2.03. The second-order valence-corrected chi connectivity index (χ2v) is 4.59. The molecule has 0 saturated heterocycles. The molecular weight excluding hydrogens is 266 g/mol. The smallest absolute Gasteiger partial charge is 0.305 e. The standard InChI is InChI=1S/C14H18ClNO3/c1-19-14(18)3-2-10-16-13(17)9-6-11-4-7-12(15)8-5-11/h4-5,7-8H,2-3,6,9-10H2,1H3,(H,16,17). The number of methoxy groups -OCH3 is 1. The highest BCUT2D eigenvalue weighted by Gasteiger charge is 2.03. The van der Waals surface area contributed by atoms with Crippen LogP contribution in [0.1, 0.15) is 24.8 Å². The Bertz CT molecular complexity index is 417. The first-order valence-corrected chi connectivity index (χ1v) is 6.57. The molecule has 0 spiro atoms. The Kier molecular flexibility index (Phi) is 6.97. The Morgan fingerprint density at radius 1 is 1.21 bits per heavy atom. The molecule has 0 aliphatic rings. The molecule has 0 aliphatic carbocycles. The molecule has 1 aromatic rings. The summed E-state index contributed by atoms with van der Waals surface area (Å²) in [7, 11) is 1.35. The fourth-order valence-electron chi connectivity index (χ4n) is 1.56. The Balaban J connectivity index is 2.14. The lowest BCUT2D eigenvalue weighted by atomic mass is 10.1. The molecule has 4 nitrogen and oxygen atoms in total. The maximum atomic E-state index is 11.5. The van der Waals surface area contributed by atoms with Gasteiger partial charge in [-0.2, -0.15) is 0 Å². The van der Waals surface area contributed by atoms with E-state index in [9.17, 15) is 9.59 Å². The average molecular weight is 284 g/mol. The van der Waals surface area contributed by atoms with Crippen LogP contribution >= 0.6 is 11.6 Å². The second kappa shape index (κ2) is 8.53. The summed E-state index contributed by atoms with van der Waals surface area (Å²) in [5, 5.41) is 3.46. The largest absolute Gasteiger partial charge is 0.469 e. The molecule has 1 N–H and O–H groups in total. The molecule has 0 aromatic heterocycles. The fourth-order valence-corrected chi connectivity index (χ4v) is 1.69. The van der Waals surface area contributed by atoms with Crippen molar-refractivity contribution in [2.75, 3.05) is 13.7 Å². The number of carbonyl (C=O) groups excluding carboxylic acids is 2. The highest BCUT2D eigenvalue weighted by Crippen LogP contribution is 2.10. The third-order valence-corrected chi connectivity index (χ3v) is 2.91. The zero-order valence-electron chi connectivity index (χ0n) is 10.9. The number of hydrogen-bond donors (Lipinski definition) is 1. The first-order chi connectivity index (χ1) is 9.11. The molecule has 0 radical (unpaired) electrons. The average Bonchev–Trinajstić information content (AvgIpc) is 2.42. The number of benzene rings is 1. The van der Waals surface area contributed by atoms with Crippen LogP contribution in [-0.4, -0.2) is 25.5 Å². The van der Waals surface area contributed by atoms with Crippen molar-refractivity contribution in [2.45, 2.75) is 25.7 Å². The van der Waals surface area contributed by atoms with Crippen molar-refractivity contribution in [2.24, 2.45) is 0 Å². The van der Waals surface area contributed by atoms with Crippen molar-refractivity contribution in [3.63, 3.8) is 0 Å². The van der Waals surface area contributed by atoms with Gasteiger partial charge in [-0.25, -0.2) is 0 Å². The van der Waals surface area contributed by atoms with Crippen molar-refractivity contribution in [3.05, 3.63) is 34.9 Å². The summed E-state index contributed by atoms with van der Waals surface area (Å²) in [5.74, 6) is -0.268. The van der Waals surface area contributed by atoms with Crippen LogP contribution in [0.3, 0.4) is 0 Å².